The maximum Gasteiger partial charge on any atom is 0.270 e. The lowest BCUT2D eigenvalue weighted by Crippen LogP contribution is -2.38. The number of benzene rings is 1. The highest BCUT2D eigenvalue weighted by Gasteiger charge is 2.31. The monoisotopic (exact) mass is 548 g/mol. The van der Waals surface area contributed by atoms with Crippen LogP contribution in [0.4, 0.5) is 11.4 Å². The van der Waals surface area contributed by atoms with Crippen molar-refractivity contribution >= 4 is 57.2 Å². The molecule has 0 radical (unpaired) electrons. The minimum absolute atomic E-state index is 0.0407. The molecule has 5 aromatic rings. The number of carbonyl (C=O) groups excluding carboxylic acids is 2. The lowest BCUT2D eigenvalue weighted by Gasteiger charge is -2.22. The normalized spacial score (nSPS) is 11.7. The molecule has 190 valence electrons. The fourth-order valence-corrected chi connectivity index (χ4v) is 4.47. The van der Waals surface area contributed by atoms with E-state index in [9.17, 15) is 19.2 Å². The van der Waals surface area contributed by atoms with Crippen LogP contribution in [0.5, 0.6) is 0 Å². The van der Waals surface area contributed by atoms with Crippen molar-refractivity contribution in [1.82, 2.24) is 29.1 Å². The molecule has 5 rings (SSSR count). The van der Waals surface area contributed by atoms with Gasteiger partial charge in [-0.05, 0) is 24.3 Å². The number of nitrogens with one attached hydrogen (secondary N) is 2. The largest absolute Gasteiger partial charge is 0.326 e. The highest BCUT2D eigenvalue weighted by molar-refractivity contribution is 7.07. The lowest BCUT2D eigenvalue weighted by molar-refractivity contribution is -0.118. The van der Waals surface area contributed by atoms with Gasteiger partial charge in [-0.1, -0.05) is 17.7 Å². The van der Waals surface area contributed by atoms with Crippen LogP contribution in [0.1, 0.15) is 18.8 Å². The number of rotatable bonds is 6. The number of nitrogens with zero attached hydrogens (tertiary/aromatic N) is 6. The Balaban J connectivity index is 1.73. The van der Waals surface area contributed by atoms with Crippen molar-refractivity contribution in [1.29, 1.82) is 0 Å². The second kappa shape index (κ2) is 10.3. The number of hydrogen-bond donors (Lipinski definition) is 2. The van der Waals surface area contributed by atoms with Gasteiger partial charge in [0, 0.05) is 36.5 Å². The summed E-state index contributed by atoms with van der Waals surface area (Å²) in [5.74, 6) is -0.940. The van der Waals surface area contributed by atoms with Crippen LogP contribution in [-0.4, -0.2) is 40.9 Å². The number of fused-ring (bicyclic) bond motifs is 1. The molecule has 38 heavy (non-hydrogen) atoms. The van der Waals surface area contributed by atoms with E-state index in [0.29, 0.717) is 5.69 Å². The fourth-order valence-electron chi connectivity index (χ4n) is 3.79. The summed E-state index contributed by atoms with van der Waals surface area (Å²) in [5.41, 5.74) is 1.04. The molecule has 0 aliphatic rings. The van der Waals surface area contributed by atoms with Gasteiger partial charge < -0.3 is 10.6 Å². The molecule has 1 atom stereocenters. The Morgan fingerprint density at radius 3 is 2.68 bits per heavy atom. The van der Waals surface area contributed by atoms with Gasteiger partial charge in [-0.3, -0.25) is 23.7 Å². The third-order valence-electron chi connectivity index (χ3n) is 5.39. The quantitative estimate of drug-likeness (QED) is 0.328. The molecule has 0 aliphatic heterocycles. The first kappa shape index (κ1) is 24.9. The van der Waals surface area contributed by atoms with Crippen molar-refractivity contribution < 1.29 is 9.59 Å². The second-order valence-corrected chi connectivity index (χ2v) is 9.06. The molecule has 1 unspecified atom stereocenters. The predicted octanol–water partition coefficient (Wildman–Crippen LogP) is 2.63. The molecule has 0 saturated carbocycles. The fraction of sp³-hybridized carbons (Fsp3) is 0.0833. The molecule has 4 heterocycles. The summed E-state index contributed by atoms with van der Waals surface area (Å²) in [6.07, 6.45) is 3.95. The predicted molar refractivity (Wildman–Crippen MR) is 142 cm³/mol. The van der Waals surface area contributed by atoms with Crippen LogP contribution < -0.4 is 21.8 Å². The summed E-state index contributed by atoms with van der Waals surface area (Å²) >= 11 is 7.56. The number of amides is 2. The summed E-state index contributed by atoms with van der Waals surface area (Å²) < 4.78 is 2.29. The molecule has 2 amide bonds. The zero-order valence-electron chi connectivity index (χ0n) is 19.5. The lowest BCUT2D eigenvalue weighted by atomic mass is 10.2. The van der Waals surface area contributed by atoms with Gasteiger partial charge >= 0.3 is 0 Å². The molecule has 0 bridgehead atoms. The average Bonchev–Trinajstić information content (AvgIpc) is 3.42. The van der Waals surface area contributed by atoms with Crippen molar-refractivity contribution in [2.75, 3.05) is 10.6 Å². The Hall–Kier alpha value is -4.75. The smallest absolute Gasteiger partial charge is 0.270 e. The average molecular weight is 549 g/mol. The summed E-state index contributed by atoms with van der Waals surface area (Å²) in [6.45, 7) is 1.34. The Morgan fingerprint density at radius 1 is 1.11 bits per heavy atom. The topological polar surface area (TPSA) is 154 Å². The number of hydrogen-bond acceptors (Lipinski definition) is 9. The highest BCUT2D eigenvalue weighted by Crippen LogP contribution is 2.28. The second-order valence-electron chi connectivity index (χ2n) is 7.93. The third kappa shape index (κ3) is 4.79. The Morgan fingerprint density at radius 2 is 1.95 bits per heavy atom. The van der Waals surface area contributed by atoms with Gasteiger partial charge in [0.2, 0.25) is 5.91 Å². The summed E-state index contributed by atoms with van der Waals surface area (Å²) in [5, 5.41) is 7.22. The maximum absolute atomic E-state index is 13.9. The first-order valence-corrected chi connectivity index (χ1v) is 12.3. The van der Waals surface area contributed by atoms with Gasteiger partial charge in [-0.2, -0.15) is 0 Å². The van der Waals surface area contributed by atoms with E-state index >= 15 is 0 Å². The SMILES string of the molecule is CC(=O)Nc1ccc(Cl)c(NC(=O)C(c2nc3ncncc3c(=O)n2-c2cscn2)n2ccccc2=O)c1. The van der Waals surface area contributed by atoms with Crippen LogP contribution in [0.2, 0.25) is 5.02 Å². The van der Waals surface area contributed by atoms with E-state index in [1.807, 2.05) is 0 Å². The van der Waals surface area contributed by atoms with Crippen molar-refractivity contribution in [2.24, 2.45) is 0 Å². The number of thiazole rings is 1. The molecule has 0 aliphatic carbocycles. The maximum atomic E-state index is 13.9. The van der Waals surface area contributed by atoms with Gasteiger partial charge in [0.05, 0.1) is 16.2 Å². The number of aromatic nitrogens is 6. The molecule has 0 fully saturated rings. The molecular weight excluding hydrogens is 532 g/mol. The zero-order valence-corrected chi connectivity index (χ0v) is 21.1. The van der Waals surface area contributed by atoms with Crippen molar-refractivity contribution in [2.45, 2.75) is 13.0 Å². The van der Waals surface area contributed by atoms with E-state index in [1.165, 1.54) is 66.8 Å². The molecular formula is C24H17ClN8O4S. The van der Waals surface area contributed by atoms with Crippen LogP contribution in [-0.2, 0) is 9.59 Å². The van der Waals surface area contributed by atoms with Crippen LogP contribution in [0.25, 0.3) is 16.9 Å². The third-order valence-corrected chi connectivity index (χ3v) is 6.29. The van der Waals surface area contributed by atoms with Crippen molar-refractivity contribution in [3.05, 3.63) is 97.6 Å². The van der Waals surface area contributed by atoms with Gasteiger partial charge in [-0.25, -0.2) is 24.5 Å². The molecule has 0 spiro atoms. The highest BCUT2D eigenvalue weighted by atomic mass is 35.5. The van der Waals surface area contributed by atoms with Gasteiger partial charge in [0.15, 0.2) is 23.3 Å². The molecule has 12 nitrogen and oxygen atoms in total. The number of pyridine rings is 1. The standard InChI is InChI=1S/C24H17ClN8O4S/c1-13(34)29-14-5-6-16(25)17(8-14)30-23(36)20(32-7-3-2-4-19(32)35)22-31-21-15(9-26-11-27-21)24(37)33(22)18-10-38-12-28-18/h2-12,20H,1H3,(H,29,34)(H,30,36). The van der Waals surface area contributed by atoms with Crippen molar-refractivity contribution in [3.63, 3.8) is 0 Å². The molecule has 4 aromatic heterocycles. The summed E-state index contributed by atoms with van der Waals surface area (Å²) in [6, 6.07) is 7.47. The van der Waals surface area contributed by atoms with E-state index in [0.717, 1.165) is 9.13 Å². The zero-order chi connectivity index (χ0) is 26.8. The molecule has 1 aromatic carbocycles. The first-order valence-electron chi connectivity index (χ1n) is 11.0. The van der Waals surface area contributed by atoms with E-state index in [1.54, 1.807) is 17.5 Å². The number of anilines is 2. The minimum atomic E-state index is -1.45. The number of carbonyl (C=O) groups is 2. The Bertz CT molecular complexity index is 1800. The van der Waals surface area contributed by atoms with Gasteiger partial charge in [0.25, 0.3) is 17.0 Å². The van der Waals surface area contributed by atoms with Crippen LogP contribution in [0.15, 0.2) is 75.6 Å². The molecule has 14 heteroatoms. The van der Waals surface area contributed by atoms with Gasteiger partial charge in [-0.15, -0.1) is 11.3 Å². The number of halogens is 1. The van der Waals surface area contributed by atoms with Crippen LogP contribution in [0.3, 0.4) is 0 Å². The first-order chi connectivity index (χ1) is 18.3. The van der Waals surface area contributed by atoms with Crippen LogP contribution >= 0.6 is 22.9 Å². The van der Waals surface area contributed by atoms with E-state index in [-0.39, 0.29) is 39.3 Å². The van der Waals surface area contributed by atoms with E-state index in [4.69, 9.17) is 11.6 Å². The Kier molecular flexibility index (Phi) is 6.77. The summed E-state index contributed by atoms with van der Waals surface area (Å²) in [4.78, 5) is 68.7. The minimum Gasteiger partial charge on any atom is -0.326 e. The van der Waals surface area contributed by atoms with Crippen molar-refractivity contribution in [3.8, 4) is 5.82 Å². The van der Waals surface area contributed by atoms with E-state index < -0.39 is 23.1 Å². The Labute approximate surface area is 222 Å². The molecule has 0 saturated heterocycles. The molecule has 2 N–H and O–H groups in total. The van der Waals surface area contributed by atoms with Crippen LogP contribution in [0, 0.1) is 0 Å². The van der Waals surface area contributed by atoms with Gasteiger partial charge in [0.1, 0.15) is 11.7 Å². The van der Waals surface area contributed by atoms with E-state index in [2.05, 4.69) is 30.6 Å². The summed E-state index contributed by atoms with van der Waals surface area (Å²) in [7, 11) is 0.